The first kappa shape index (κ1) is 12.4. The van der Waals surface area contributed by atoms with Crippen molar-refractivity contribution in [2.75, 3.05) is 5.73 Å². The molecule has 18 heavy (non-hydrogen) atoms. The molecular weight excluding hydrogens is 252 g/mol. The van der Waals surface area contributed by atoms with Gasteiger partial charge in [-0.3, -0.25) is 0 Å². The smallest absolute Gasteiger partial charge is 0.336 e. The molecule has 3 N–H and O–H groups in total. The Bertz CT molecular complexity index is 626. The van der Waals surface area contributed by atoms with Gasteiger partial charge in [0.1, 0.15) is 5.82 Å². The van der Waals surface area contributed by atoms with Crippen molar-refractivity contribution < 1.29 is 9.90 Å². The molecule has 0 amide bonds. The van der Waals surface area contributed by atoms with E-state index in [1.165, 1.54) is 12.3 Å². The van der Waals surface area contributed by atoms with Gasteiger partial charge < -0.3 is 10.8 Å². The van der Waals surface area contributed by atoms with Crippen LogP contribution in [0, 0.1) is 6.92 Å². The molecule has 0 spiro atoms. The fourth-order valence-electron chi connectivity index (χ4n) is 1.70. The zero-order valence-electron chi connectivity index (χ0n) is 9.64. The van der Waals surface area contributed by atoms with Crippen molar-refractivity contribution in [2.24, 2.45) is 0 Å². The van der Waals surface area contributed by atoms with Crippen molar-refractivity contribution in [2.45, 2.75) is 6.92 Å². The highest BCUT2D eigenvalue weighted by Gasteiger charge is 2.15. The lowest BCUT2D eigenvalue weighted by atomic mass is 10.0. The Morgan fingerprint density at radius 2 is 2.06 bits per heavy atom. The summed E-state index contributed by atoms with van der Waals surface area (Å²) in [5, 5.41) is 9.66. The number of anilines is 1. The van der Waals surface area contributed by atoms with Crippen molar-refractivity contribution in [3.8, 4) is 11.1 Å². The highest BCUT2D eigenvalue weighted by Crippen LogP contribution is 2.31. The van der Waals surface area contributed by atoms with Crippen LogP contribution in [0.3, 0.4) is 0 Å². The van der Waals surface area contributed by atoms with Gasteiger partial charge in [-0.2, -0.15) is 0 Å². The van der Waals surface area contributed by atoms with Crippen LogP contribution in [0.1, 0.15) is 15.9 Å². The van der Waals surface area contributed by atoms with Gasteiger partial charge in [-0.25, -0.2) is 9.78 Å². The van der Waals surface area contributed by atoms with Crippen LogP contribution in [-0.2, 0) is 0 Å². The molecule has 2 aromatic rings. The summed E-state index contributed by atoms with van der Waals surface area (Å²) in [4.78, 5) is 15.1. The van der Waals surface area contributed by atoms with Crippen molar-refractivity contribution in [3.63, 3.8) is 0 Å². The molecule has 0 bridgehead atoms. The third-order valence-corrected chi connectivity index (χ3v) is 2.88. The number of nitrogens with zero attached hydrogens (tertiary/aromatic N) is 1. The SMILES string of the molecule is Cc1ccc(-c2cnc(N)cc2C(=O)O)c(Cl)c1. The summed E-state index contributed by atoms with van der Waals surface area (Å²) in [6.07, 6.45) is 1.43. The highest BCUT2D eigenvalue weighted by atomic mass is 35.5. The molecule has 0 saturated carbocycles. The predicted molar refractivity (Wildman–Crippen MR) is 70.8 cm³/mol. The van der Waals surface area contributed by atoms with Gasteiger partial charge in [-0.15, -0.1) is 0 Å². The summed E-state index contributed by atoms with van der Waals surface area (Å²) < 4.78 is 0. The van der Waals surface area contributed by atoms with Crippen LogP contribution in [0.2, 0.25) is 5.02 Å². The van der Waals surface area contributed by atoms with E-state index in [1.54, 1.807) is 12.1 Å². The number of hydrogen-bond acceptors (Lipinski definition) is 3. The van der Waals surface area contributed by atoms with Gasteiger partial charge in [-0.1, -0.05) is 23.7 Å². The highest BCUT2D eigenvalue weighted by molar-refractivity contribution is 6.33. The van der Waals surface area contributed by atoms with E-state index in [4.69, 9.17) is 17.3 Å². The largest absolute Gasteiger partial charge is 0.478 e. The molecule has 0 atom stereocenters. The molecule has 0 radical (unpaired) electrons. The van der Waals surface area contributed by atoms with Crippen molar-refractivity contribution in [3.05, 3.63) is 46.6 Å². The minimum Gasteiger partial charge on any atom is -0.478 e. The molecule has 92 valence electrons. The second kappa shape index (κ2) is 4.66. The number of benzene rings is 1. The molecule has 0 aliphatic heterocycles. The fraction of sp³-hybridized carbons (Fsp3) is 0.0769. The fourth-order valence-corrected chi connectivity index (χ4v) is 2.04. The number of nitrogens with two attached hydrogens (primary N) is 1. The summed E-state index contributed by atoms with van der Waals surface area (Å²) in [5.41, 5.74) is 7.68. The zero-order chi connectivity index (χ0) is 13.3. The average molecular weight is 263 g/mol. The standard InChI is InChI=1S/C13H11ClN2O2/c1-7-2-3-8(11(14)4-7)10-6-16-12(15)5-9(10)13(17)18/h2-6H,1H3,(H2,15,16)(H,17,18). The van der Waals surface area contributed by atoms with Gasteiger partial charge in [0.2, 0.25) is 0 Å². The van der Waals surface area contributed by atoms with Crippen LogP contribution < -0.4 is 5.73 Å². The van der Waals surface area contributed by atoms with Crippen molar-refractivity contribution in [1.29, 1.82) is 0 Å². The Morgan fingerprint density at radius 3 is 2.67 bits per heavy atom. The zero-order valence-corrected chi connectivity index (χ0v) is 10.4. The summed E-state index contributed by atoms with van der Waals surface area (Å²) in [7, 11) is 0. The van der Waals surface area contributed by atoms with Crippen LogP contribution in [0.4, 0.5) is 5.82 Å². The number of carbonyl (C=O) groups is 1. The van der Waals surface area contributed by atoms with Gasteiger partial charge >= 0.3 is 5.97 Å². The third kappa shape index (κ3) is 2.28. The Labute approximate surface area is 109 Å². The molecule has 1 heterocycles. The molecule has 0 saturated heterocycles. The Balaban J connectivity index is 2.67. The second-order valence-corrected chi connectivity index (χ2v) is 4.35. The van der Waals surface area contributed by atoms with Gasteiger partial charge in [0.25, 0.3) is 0 Å². The number of aromatic nitrogens is 1. The van der Waals surface area contributed by atoms with Gasteiger partial charge in [-0.05, 0) is 24.6 Å². The molecule has 0 aliphatic rings. The maximum Gasteiger partial charge on any atom is 0.336 e. The van der Waals surface area contributed by atoms with Crippen molar-refractivity contribution >= 4 is 23.4 Å². The lowest BCUT2D eigenvalue weighted by Gasteiger charge is -2.09. The molecule has 1 aromatic carbocycles. The Kier molecular flexibility index (Phi) is 3.21. The number of aryl methyl sites for hydroxylation is 1. The maximum absolute atomic E-state index is 11.2. The van der Waals surface area contributed by atoms with E-state index in [2.05, 4.69) is 4.98 Å². The van der Waals surface area contributed by atoms with Crippen LogP contribution in [-0.4, -0.2) is 16.1 Å². The van der Waals surface area contributed by atoms with E-state index in [1.807, 2.05) is 13.0 Å². The van der Waals surface area contributed by atoms with E-state index >= 15 is 0 Å². The van der Waals surface area contributed by atoms with Crippen molar-refractivity contribution in [1.82, 2.24) is 4.98 Å². The third-order valence-electron chi connectivity index (χ3n) is 2.57. The van der Waals surface area contributed by atoms with E-state index in [0.717, 1.165) is 5.56 Å². The van der Waals surface area contributed by atoms with Crippen LogP contribution in [0.25, 0.3) is 11.1 Å². The first-order valence-corrected chi connectivity index (χ1v) is 5.62. The number of hydrogen-bond donors (Lipinski definition) is 2. The summed E-state index contributed by atoms with van der Waals surface area (Å²) in [6, 6.07) is 6.74. The van der Waals surface area contributed by atoms with Gasteiger partial charge in [0.15, 0.2) is 0 Å². The first-order valence-electron chi connectivity index (χ1n) is 5.24. The molecule has 0 aliphatic carbocycles. The molecule has 0 unspecified atom stereocenters. The summed E-state index contributed by atoms with van der Waals surface area (Å²) in [6.45, 7) is 1.91. The monoisotopic (exact) mass is 262 g/mol. The van der Waals surface area contributed by atoms with Gasteiger partial charge in [0.05, 0.1) is 5.56 Å². The normalized spacial score (nSPS) is 10.3. The molecule has 1 aromatic heterocycles. The minimum atomic E-state index is -1.06. The Morgan fingerprint density at radius 1 is 1.33 bits per heavy atom. The average Bonchev–Trinajstić information content (AvgIpc) is 2.29. The first-order chi connectivity index (χ1) is 8.49. The summed E-state index contributed by atoms with van der Waals surface area (Å²) in [5.74, 6) is -0.893. The number of carboxylic acid groups (broad SMARTS) is 1. The topological polar surface area (TPSA) is 76.2 Å². The maximum atomic E-state index is 11.2. The van der Waals surface area contributed by atoms with Crippen LogP contribution >= 0.6 is 11.6 Å². The van der Waals surface area contributed by atoms with Crippen LogP contribution in [0.5, 0.6) is 0 Å². The number of pyridine rings is 1. The molecule has 0 fully saturated rings. The number of aromatic carboxylic acids is 1. The lowest BCUT2D eigenvalue weighted by Crippen LogP contribution is -2.03. The van der Waals surface area contributed by atoms with E-state index in [-0.39, 0.29) is 11.4 Å². The Hall–Kier alpha value is -2.07. The molecule has 4 nitrogen and oxygen atoms in total. The van der Waals surface area contributed by atoms with E-state index in [0.29, 0.717) is 16.1 Å². The number of rotatable bonds is 2. The minimum absolute atomic E-state index is 0.0910. The van der Waals surface area contributed by atoms with E-state index in [9.17, 15) is 9.90 Å². The van der Waals surface area contributed by atoms with Gasteiger partial charge in [0, 0.05) is 22.3 Å². The number of carboxylic acids is 1. The number of halogens is 1. The lowest BCUT2D eigenvalue weighted by molar-refractivity contribution is 0.0697. The molecule has 2 rings (SSSR count). The van der Waals surface area contributed by atoms with Crippen LogP contribution in [0.15, 0.2) is 30.5 Å². The van der Waals surface area contributed by atoms with E-state index < -0.39 is 5.97 Å². The number of nitrogen functional groups attached to an aromatic ring is 1. The summed E-state index contributed by atoms with van der Waals surface area (Å²) >= 11 is 6.13. The molecular formula is C13H11ClN2O2. The second-order valence-electron chi connectivity index (χ2n) is 3.94. The predicted octanol–water partition coefficient (Wildman–Crippen LogP) is 2.99. The molecule has 5 heteroatoms. The quantitative estimate of drug-likeness (QED) is 0.872.